The maximum atomic E-state index is 5.74. The summed E-state index contributed by atoms with van der Waals surface area (Å²) in [5, 5.41) is 0. The SMILES string of the molecule is C=CC(C)(CN)Cc1ccc(CC)s1. The fourth-order valence-electron chi connectivity index (χ4n) is 1.33. The van der Waals surface area contributed by atoms with E-state index < -0.39 is 0 Å². The number of hydrogen-bond donors (Lipinski definition) is 1. The first kappa shape index (κ1) is 11.5. The Balaban J connectivity index is 2.72. The quantitative estimate of drug-likeness (QED) is 0.741. The lowest BCUT2D eigenvalue weighted by molar-refractivity contribution is 0.442. The Morgan fingerprint density at radius 3 is 2.57 bits per heavy atom. The summed E-state index contributed by atoms with van der Waals surface area (Å²) in [6, 6.07) is 4.42. The van der Waals surface area contributed by atoms with Gasteiger partial charge in [0.15, 0.2) is 0 Å². The van der Waals surface area contributed by atoms with Crippen molar-refractivity contribution in [1.29, 1.82) is 0 Å². The molecule has 0 spiro atoms. The van der Waals surface area contributed by atoms with E-state index in [1.54, 1.807) is 0 Å². The van der Waals surface area contributed by atoms with Gasteiger partial charge in [-0.15, -0.1) is 17.9 Å². The number of hydrogen-bond acceptors (Lipinski definition) is 2. The highest BCUT2D eigenvalue weighted by Crippen LogP contribution is 2.27. The van der Waals surface area contributed by atoms with Crippen LogP contribution < -0.4 is 5.73 Å². The molecule has 1 aromatic rings. The van der Waals surface area contributed by atoms with Crippen molar-refractivity contribution in [1.82, 2.24) is 0 Å². The first-order valence-corrected chi connectivity index (χ1v) is 5.86. The van der Waals surface area contributed by atoms with E-state index in [1.165, 1.54) is 9.75 Å². The monoisotopic (exact) mass is 209 g/mol. The summed E-state index contributed by atoms with van der Waals surface area (Å²) < 4.78 is 0. The highest BCUT2D eigenvalue weighted by atomic mass is 32.1. The van der Waals surface area contributed by atoms with E-state index >= 15 is 0 Å². The van der Waals surface area contributed by atoms with Gasteiger partial charge in [-0.3, -0.25) is 0 Å². The minimum absolute atomic E-state index is 0.0515. The molecule has 1 nitrogen and oxygen atoms in total. The first-order chi connectivity index (χ1) is 6.63. The van der Waals surface area contributed by atoms with Crippen molar-refractivity contribution >= 4 is 11.3 Å². The predicted octanol–water partition coefficient (Wildman–Crippen LogP) is 3.00. The Morgan fingerprint density at radius 1 is 1.50 bits per heavy atom. The zero-order valence-electron chi connectivity index (χ0n) is 9.05. The van der Waals surface area contributed by atoms with E-state index in [4.69, 9.17) is 5.73 Å². The van der Waals surface area contributed by atoms with Crippen molar-refractivity contribution in [3.63, 3.8) is 0 Å². The van der Waals surface area contributed by atoms with Crippen molar-refractivity contribution in [2.24, 2.45) is 11.1 Å². The molecule has 2 N–H and O–H groups in total. The minimum Gasteiger partial charge on any atom is -0.330 e. The molecule has 0 aromatic carbocycles. The van der Waals surface area contributed by atoms with Crippen LogP contribution in [-0.2, 0) is 12.8 Å². The summed E-state index contributed by atoms with van der Waals surface area (Å²) in [5.74, 6) is 0. The van der Waals surface area contributed by atoms with Gasteiger partial charge in [-0.25, -0.2) is 0 Å². The number of thiophene rings is 1. The summed E-state index contributed by atoms with van der Waals surface area (Å²) in [4.78, 5) is 2.86. The molecule has 0 radical (unpaired) electrons. The zero-order valence-corrected chi connectivity index (χ0v) is 9.86. The predicted molar refractivity (Wildman–Crippen MR) is 64.8 cm³/mol. The summed E-state index contributed by atoms with van der Waals surface area (Å²) in [6.45, 7) is 8.86. The van der Waals surface area contributed by atoms with E-state index in [0.29, 0.717) is 6.54 Å². The summed E-state index contributed by atoms with van der Waals surface area (Å²) in [7, 11) is 0. The van der Waals surface area contributed by atoms with Crippen LogP contribution in [-0.4, -0.2) is 6.54 Å². The zero-order chi connectivity index (χ0) is 10.6. The standard InChI is InChI=1S/C12H19NS/c1-4-10-6-7-11(14-10)8-12(3,5-2)9-13/h5-7H,2,4,8-9,13H2,1,3H3. The Kier molecular flexibility index (Phi) is 3.90. The van der Waals surface area contributed by atoms with Gasteiger partial charge < -0.3 is 5.73 Å². The summed E-state index contributed by atoms with van der Waals surface area (Å²) in [6.07, 6.45) is 4.11. The molecular weight excluding hydrogens is 190 g/mol. The van der Waals surface area contributed by atoms with Crippen LogP contribution in [0.15, 0.2) is 24.8 Å². The lowest BCUT2D eigenvalue weighted by Gasteiger charge is -2.22. The van der Waals surface area contributed by atoms with E-state index in [0.717, 1.165) is 12.8 Å². The van der Waals surface area contributed by atoms with Crippen molar-refractivity contribution in [2.45, 2.75) is 26.7 Å². The average Bonchev–Trinajstić information content (AvgIpc) is 2.65. The molecule has 0 aliphatic rings. The van der Waals surface area contributed by atoms with Crippen molar-refractivity contribution < 1.29 is 0 Å². The van der Waals surface area contributed by atoms with Gasteiger partial charge in [0.25, 0.3) is 0 Å². The normalized spacial score (nSPS) is 15.1. The third-order valence-corrected chi connectivity index (χ3v) is 3.83. The molecule has 1 atom stereocenters. The molecule has 0 aliphatic heterocycles. The second-order valence-corrected chi connectivity index (χ2v) is 5.21. The second-order valence-electron chi connectivity index (χ2n) is 3.96. The Morgan fingerprint density at radius 2 is 2.14 bits per heavy atom. The molecule has 0 bridgehead atoms. The Bertz CT molecular complexity index is 303. The van der Waals surface area contributed by atoms with Crippen molar-refractivity contribution in [2.75, 3.05) is 6.54 Å². The number of nitrogens with two attached hydrogens (primary N) is 1. The molecule has 2 heteroatoms. The summed E-state index contributed by atoms with van der Waals surface area (Å²) >= 11 is 1.89. The molecule has 0 amide bonds. The van der Waals surface area contributed by atoms with Gasteiger partial charge >= 0.3 is 0 Å². The van der Waals surface area contributed by atoms with Gasteiger partial charge in [-0.1, -0.05) is 19.9 Å². The van der Waals surface area contributed by atoms with Gasteiger partial charge in [0.1, 0.15) is 0 Å². The van der Waals surface area contributed by atoms with E-state index in [2.05, 4.69) is 32.6 Å². The maximum absolute atomic E-state index is 5.74. The number of aryl methyl sites for hydroxylation is 1. The van der Waals surface area contributed by atoms with Gasteiger partial charge in [0, 0.05) is 21.7 Å². The summed E-state index contributed by atoms with van der Waals surface area (Å²) in [5.41, 5.74) is 5.79. The van der Waals surface area contributed by atoms with Gasteiger partial charge in [0.2, 0.25) is 0 Å². The average molecular weight is 209 g/mol. The highest BCUT2D eigenvalue weighted by molar-refractivity contribution is 7.11. The van der Waals surface area contributed by atoms with Gasteiger partial charge in [-0.2, -0.15) is 0 Å². The Hall–Kier alpha value is -0.600. The smallest absolute Gasteiger partial charge is 0.00571 e. The Labute approximate surface area is 90.6 Å². The van der Waals surface area contributed by atoms with Crippen LogP contribution in [0, 0.1) is 5.41 Å². The van der Waals surface area contributed by atoms with Gasteiger partial charge in [-0.05, 0) is 25.0 Å². The van der Waals surface area contributed by atoms with E-state index in [-0.39, 0.29) is 5.41 Å². The molecule has 14 heavy (non-hydrogen) atoms. The molecule has 1 unspecified atom stereocenters. The largest absolute Gasteiger partial charge is 0.330 e. The van der Waals surface area contributed by atoms with Crippen LogP contribution in [0.25, 0.3) is 0 Å². The van der Waals surface area contributed by atoms with Crippen molar-refractivity contribution in [3.05, 3.63) is 34.5 Å². The van der Waals surface area contributed by atoms with Crippen LogP contribution >= 0.6 is 11.3 Å². The molecule has 78 valence electrons. The van der Waals surface area contributed by atoms with Crippen LogP contribution in [0.3, 0.4) is 0 Å². The lowest BCUT2D eigenvalue weighted by atomic mass is 9.86. The third kappa shape index (κ3) is 2.69. The molecule has 1 aromatic heterocycles. The minimum atomic E-state index is 0.0515. The number of rotatable bonds is 5. The topological polar surface area (TPSA) is 26.0 Å². The molecule has 0 aliphatic carbocycles. The fourth-order valence-corrected chi connectivity index (χ4v) is 2.49. The molecule has 0 saturated heterocycles. The molecule has 1 rings (SSSR count). The van der Waals surface area contributed by atoms with Crippen LogP contribution in [0.1, 0.15) is 23.6 Å². The van der Waals surface area contributed by atoms with Crippen LogP contribution in [0.5, 0.6) is 0 Å². The molecule has 0 fully saturated rings. The maximum Gasteiger partial charge on any atom is 0.00571 e. The van der Waals surface area contributed by atoms with E-state index in [1.807, 2.05) is 17.4 Å². The fraction of sp³-hybridized carbons (Fsp3) is 0.500. The van der Waals surface area contributed by atoms with Crippen LogP contribution in [0.4, 0.5) is 0 Å². The van der Waals surface area contributed by atoms with Gasteiger partial charge in [0.05, 0.1) is 0 Å². The molecule has 1 heterocycles. The first-order valence-electron chi connectivity index (χ1n) is 5.05. The molecule has 0 saturated carbocycles. The lowest BCUT2D eigenvalue weighted by Crippen LogP contribution is -2.26. The highest BCUT2D eigenvalue weighted by Gasteiger charge is 2.19. The third-order valence-electron chi connectivity index (χ3n) is 2.60. The van der Waals surface area contributed by atoms with Crippen LogP contribution in [0.2, 0.25) is 0 Å². The van der Waals surface area contributed by atoms with E-state index in [9.17, 15) is 0 Å². The van der Waals surface area contributed by atoms with Crippen molar-refractivity contribution in [3.8, 4) is 0 Å². The second kappa shape index (κ2) is 4.76. The molecular formula is C12H19NS.